The third kappa shape index (κ3) is 5.99. The Morgan fingerprint density at radius 3 is 2.39 bits per heavy atom. The van der Waals surface area contributed by atoms with Gasteiger partial charge in [0.05, 0.1) is 4.88 Å². The van der Waals surface area contributed by atoms with Crippen LogP contribution in [0.3, 0.4) is 0 Å². The van der Waals surface area contributed by atoms with Crippen LogP contribution < -0.4 is 10.2 Å². The lowest BCUT2D eigenvalue weighted by molar-refractivity contribution is 0.0633. The van der Waals surface area contributed by atoms with E-state index in [9.17, 15) is 14.0 Å². The van der Waals surface area contributed by atoms with Gasteiger partial charge in [0, 0.05) is 43.6 Å². The number of anilines is 2. The van der Waals surface area contributed by atoms with Gasteiger partial charge in [0.1, 0.15) is 5.82 Å². The Labute approximate surface area is 198 Å². The second-order valence-corrected chi connectivity index (χ2v) is 9.55. The van der Waals surface area contributed by atoms with Crippen molar-refractivity contribution in [3.05, 3.63) is 81.8 Å². The van der Waals surface area contributed by atoms with E-state index in [4.69, 9.17) is 0 Å². The highest BCUT2D eigenvalue weighted by atomic mass is 32.1. The van der Waals surface area contributed by atoms with Gasteiger partial charge in [0.25, 0.3) is 11.8 Å². The van der Waals surface area contributed by atoms with E-state index in [1.54, 1.807) is 6.07 Å². The molecule has 0 saturated heterocycles. The zero-order valence-corrected chi connectivity index (χ0v) is 20.4. The van der Waals surface area contributed by atoms with Gasteiger partial charge in [-0.3, -0.25) is 9.59 Å². The Bertz CT molecular complexity index is 1110. The van der Waals surface area contributed by atoms with Crippen molar-refractivity contribution in [2.24, 2.45) is 5.92 Å². The number of halogens is 1. The van der Waals surface area contributed by atoms with E-state index in [1.807, 2.05) is 59.6 Å². The van der Waals surface area contributed by atoms with Crippen molar-refractivity contribution in [1.29, 1.82) is 0 Å². The maximum Gasteiger partial charge on any atom is 0.264 e. The third-order valence-corrected chi connectivity index (χ3v) is 6.55. The minimum Gasteiger partial charge on any atom is -0.377 e. The zero-order valence-electron chi connectivity index (χ0n) is 19.6. The molecule has 7 heteroatoms. The van der Waals surface area contributed by atoms with E-state index in [2.05, 4.69) is 26.1 Å². The number of amides is 2. The number of benzene rings is 2. The molecular formula is C26H30FN3O2S. The number of carbonyl (C=O) groups is 2. The molecule has 33 heavy (non-hydrogen) atoms. The molecule has 0 radical (unpaired) electrons. The van der Waals surface area contributed by atoms with Crippen LogP contribution in [0.2, 0.25) is 0 Å². The lowest BCUT2D eigenvalue weighted by Crippen LogP contribution is -2.41. The van der Waals surface area contributed by atoms with E-state index in [-0.39, 0.29) is 29.3 Å². The lowest BCUT2D eigenvalue weighted by atomic mass is 10.0. The van der Waals surface area contributed by atoms with Crippen LogP contribution in [0.5, 0.6) is 0 Å². The minimum atomic E-state index is -0.461. The normalized spacial score (nSPS) is 11.8. The SMILES string of the molecule is CC(C)[C@@H](C)N(Cc1cc(NC(=O)c2cccc(F)c2)ccc1N(C)C)C(=O)c1cccs1. The van der Waals surface area contributed by atoms with Crippen molar-refractivity contribution in [3.63, 3.8) is 0 Å². The van der Waals surface area contributed by atoms with Crippen molar-refractivity contribution >= 4 is 34.5 Å². The zero-order chi connectivity index (χ0) is 24.1. The van der Waals surface area contributed by atoms with Crippen molar-refractivity contribution in [2.45, 2.75) is 33.4 Å². The molecule has 0 unspecified atom stereocenters. The standard InChI is InChI=1S/C26H30FN3O2S/c1-17(2)18(3)30(26(32)24-10-7-13-33-24)16-20-15-22(11-12-23(20)29(4)5)28-25(31)19-8-6-9-21(27)14-19/h6-15,17-18H,16H2,1-5H3,(H,28,31)/t18-/m1/s1. The Hall–Kier alpha value is -3.19. The van der Waals surface area contributed by atoms with Crippen LogP contribution in [0.15, 0.2) is 60.0 Å². The fourth-order valence-electron chi connectivity index (χ4n) is 3.55. The monoisotopic (exact) mass is 467 g/mol. The molecule has 3 rings (SSSR count). The van der Waals surface area contributed by atoms with Gasteiger partial charge in [-0.05, 0) is 66.2 Å². The number of nitrogens with one attached hydrogen (secondary N) is 1. The molecule has 174 valence electrons. The number of carbonyl (C=O) groups excluding carboxylic acids is 2. The van der Waals surface area contributed by atoms with Gasteiger partial charge in [-0.25, -0.2) is 4.39 Å². The number of hydrogen-bond donors (Lipinski definition) is 1. The molecule has 1 N–H and O–H groups in total. The van der Waals surface area contributed by atoms with Gasteiger partial charge >= 0.3 is 0 Å². The van der Waals surface area contributed by atoms with Crippen molar-refractivity contribution < 1.29 is 14.0 Å². The van der Waals surface area contributed by atoms with E-state index in [0.717, 1.165) is 11.3 Å². The second-order valence-electron chi connectivity index (χ2n) is 8.60. The molecule has 0 spiro atoms. The summed E-state index contributed by atoms with van der Waals surface area (Å²) >= 11 is 1.43. The molecule has 0 aliphatic rings. The molecular weight excluding hydrogens is 437 g/mol. The van der Waals surface area contributed by atoms with E-state index in [1.165, 1.54) is 29.5 Å². The number of thiophene rings is 1. The van der Waals surface area contributed by atoms with Gasteiger partial charge in [0.15, 0.2) is 0 Å². The average molecular weight is 468 g/mol. The van der Waals surface area contributed by atoms with Gasteiger partial charge in [-0.15, -0.1) is 11.3 Å². The molecule has 5 nitrogen and oxygen atoms in total. The topological polar surface area (TPSA) is 52.7 Å². The molecule has 0 bridgehead atoms. The fourth-order valence-corrected chi connectivity index (χ4v) is 4.22. The molecule has 1 aromatic heterocycles. The predicted molar refractivity (Wildman–Crippen MR) is 134 cm³/mol. The molecule has 2 aromatic carbocycles. The molecule has 0 aliphatic heterocycles. The summed E-state index contributed by atoms with van der Waals surface area (Å²) in [4.78, 5) is 30.5. The number of nitrogens with zero attached hydrogens (tertiary/aromatic N) is 2. The molecule has 0 fully saturated rings. The van der Waals surface area contributed by atoms with Crippen molar-refractivity contribution in [3.8, 4) is 0 Å². The average Bonchev–Trinajstić information content (AvgIpc) is 3.31. The van der Waals surface area contributed by atoms with Crippen molar-refractivity contribution in [2.75, 3.05) is 24.3 Å². The van der Waals surface area contributed by atoms with Crippen LogP contribution in [0.1, 0.15) is 46.4 Å². The first-order valence-corrected chi connectivity index (χ1v) is 11.8. The maximum absolute atomic E-state index is 13.5. The van der Waals surface area contributed by atoms with E-state index in [0.29, 0.717) is 17.1 Å². The molecule has 3 aromatic rings. The van der Waals surface area contributed by atoms with Crippen molar-refractivity contribution in [1.82, 2.24) is 4.90 Å². The second kappa shape index (κ2) is 10.6. The highest BCUT2D eigenvalue weighted by molar-refractivity contribution is 7.12. The summed E-state index contributed by atoms with van der Waals surface area (Å²) in [7, 11) is 3.89. The van der Waals surface area contributed by atoms with Crippen LogP contribution in [-0.2, 0) is 6.54 Å². The summed E-state index contributed by atoms with van der Waals surface area (Å²) in [6, 6.07) is 14.9. The van der Waals surface area contributed by atoms with Gasteiger partial charge in [0.2, 0.25) is 0 Å². The summed E-state index contributed by atoms with van der Waals surface area (Å²) < 4.78 is 13.5. The first-order chi connectivity index (χ1) is 15.7. The molecule has 1 atom stereocenters. The third-order valence-electron chi connectivity index (χ3n) is 5.70. The Balaban J connectivity index is 1.93. The van der Waals surface area contributed by atoms with Crippen LogP contribution in [0.4, 0.5) is 15.8 Å². The van der Waals surface area contributed by atoms with Crippen LogP contribution in [0.25, 0.3) is 0 Å². The Morgan fingerprint density at radius 1 is 1.03 bits per heavy atom. The van der Waals surface area contributed by atoms with E-state index >= 15 is 0 Å². The fraction of sp³-hybridized carbons (Fsp3) is 0.308. The van der Waals surface area contributed by atoms with Gasteiger partial charge < -0.3 is 15.1 Å². The Morgan fingerprint density at radius 2 is 1.79 bits per heavy atom. The summed E-state index contributed by atoms with van der Waals surface area (Å²) in [6.45, 7) is 6.65. The number of rotatable bonds is 8. The van der Waals surface area contributed by atoms with E-state index < -0.39 is 5.82 Å². The number of hydrogen-bond acceptors (Lipinski definition) is 4. The predicted octanol–water partition coefficient (Wildman–Crippen LogP) is 5.89. The molecule has 1 heterocycles. The highest BCUT2D eigenvalue weighted by Gasteiger charge is 2.26. The summed E-state index contributed by atoms with van der Waals surface area (Å²) in [6.07, 6.45) is 0. The summed E-state index contributed by atoms with van der Waals surface area (Å²) in [5.74, 6) is -0.588. The molecule has 0 saturated carbocycles. The quantitative estimate of drug-likeness (QED) is 0.449. The first kappa shape index (κ1) is 24.5. The molecule has 0 aliphatic carbocycles. The highest BCUT2D eigenvalue weighted by Crippen LogP contribution is 2.28. The minimum absolute atomic E-state index is 0.00916. The lowest BCUT2D eigenvalue weighted by Gasteiger charge is -2.33. The van der Waals surface area contributed by atoms with Crippen LogP contribution >= 0.6 is 11.3 Å². The Kier molecular flexibility index (Phi) is 7.87. The summed E-state index contributed by atoms with van der Waals surface area (Å²) in [5.41, 5.74) is 2.70. The van der Waals surface area contributed by atoms with Gasteiger partial charge in [-0.2, -0.15) is 0 Å². The maximum atomic E-state index is 13.5. The van der Waals surface area contributed by atoms with Gasteiger partial charge in [-0.1, -0.05) is 26.0 Å². The van der Waals surface area contributed by atoms with Crippen LogP contribution in [-0.4, -0.2) is 36.9 Å². The molecule has 2 amide bonds. The largest absolute Gasteiger partial charge is 0.377 e. The smallest absolute Gasteiger partial charge is 0.264 e. The summed E-state index contributed by atoms with van der Waals surface area (Å²) in [5, 5.41) is 4.75. The first-order valence-electron chi connectivity index (χ1n) is 10.9. The van der Waals surface area contributed by atoms with Crippen LogP contribution in [0, 0.1) is 11.7 Å².